The first kappa shape index (κ1) is 24.9. The smallest absolute Gasteiger partial charge is 0.188 e. The van der Waals surface area contributed by atoms with Crippen molar-refractivity contribution in [1.82, 2.24) is 5.32 Å². The molecule has 0 amide bonds. The minimum atomic E-state index is 0.481. The van der Waals surface area contributed by atoms with Crippen molar-refractivity contribution in [2.75, 3.05) is 13.1 Å². The van der Waals surface area contributed by atoms with Gasteiger partial charge >= 0.3 is 0 Å². The molecule has 4 nitrogen and oxygen atoms in total. The van der Waals surface area contributed by atoms with E-state index in [1.54, 1.807) is 0 Å². The van der Waals surface area contributed by atoms with Crippen molar-refractivity contribution in [3.63, 3.8) is 0 Å². The van der Waals surface area contributed by atoms with Gasteiger partial charge in [-0.2, -0.15) is 0 Å². The highest BCUT2D eigenvalue weighted by atomic mass is 16.1. The van der Waals surface area contributed by atoms with Gasteiger partial charge in [-0.1, -0.05) is 90.9 Å². The summed E-state index contributed by atoms with van der Waals surface area (Å²) < 4.78 is 0. The van der Waals surface area contributed by atoms with Crippen LogP contribution in [0.15, 0.2) is 4.99 Å². The number of carbonyl (C=O) groups is 1. The summed E-state index contributed by atoms with van der Waals surface area (Å²) >= 11 is 0. The Morgan fingerprint density at radius 3 is 1.88 bits per heavy atom. The quantitative estimate of drug-likeness (QED) is 0.135. The van der Waals surface area contributed by atoms with Gasteiger partial charge in [0.15, 0.2) is 5.96 Å². The van der Waals surface area contributed by atoms with E-state index in [-0.39, 0.29) is 0 Å². The maximum atomic E-state index is 10.4. The van der Waals surface area contributed by atoms with E-state index in [4.69, 9.17) is 5.73 Å². The number of guanidine groups is 1. The van der Waals surface area contributed by atoms with E-state index < -0.39 is 0 Å². The zero-order valence-corrected chi connectivity index (χ0v) is 17.6. The normalized spacial score (nSPS) is 12.9. The number of nitrogens with one attached hydrogen (secondary N) is 1. The number of nitrogens with two attached hydrogens (primary N) is 1. The van der Waals surface area contributed by atoms with Gasteiger partial charge in [-0.25, -0.2) is 0 Å². The number of nitrogens with zero attached hydrogens (tertiary/aromatic N) is 1. The molecule has 0 aliphatic heterocycles. The van der Waals surface area contributed by atoms with E-state index in [2.05, 4.69) is 24.2 Å². The highest BCUT2D eigenvalue weighted by Gasteiger charge is 2.08. The third kappa shape index (κ3) is 17.8. The summed E-state index contributed by atoms with van der Waals surface area (Å²) in [6, 6.07) is 0. The Morgan fingerprint density at radius 1 is 0.885 bits per heavy atom. The molecule has 0 aromatic heterocycles. The summed E-state index contributed by atoms with van der Waals surface area (Å²) in [6.07, 6.45) is 20.1. The van der Waals surface area contributed by atoms with Crippen LogP contribution in [0.5, 0.6) is 0 Å². The van der Waals surface area contributed by atoms with Crippen molar-refractivity contribution in [3.05, 3.63) is 0 Å². The molecule has 0 spiro atoms. The summed E-state index contributed by atoms with van der Waals surface area (Å²) in [5.41, 5.74) is 5.90. The van der Waals surface area contributed by atoms with E-state index >= 15 is 0 Å². The van der Waals surface area contributed by atoms with Crippen LogP contribution in [0, 0.1) is 5.92 Å². The Kier molecular flexibility index (Phi) is 19.4. The van der Waals surface area contributed by atoms with Gasteiger partial charge < -0.3 is 15.8 Å². The molecule has 154 valence electrons. The van der Waals surface area contributed by atoms with Gasteiger partial charge in [0.1, 0.15) is 6.29 Å². The van der Waals surface area contributed by atoms with Gasteiger partial charge in [0.25, 0.3) is 0 Å². The molecule has 0 aromatic rings. The Hall–Kier alpha value is -1.06. The van der Waals surface area contributed by atoms with Crippen molar-refractivity contribution in [2.45, 2.75) is 110 Å². The van der Waals surface area contributed by atoms with Crippen molar-refractivity contribution >= 4 is 12.2 Å². The average Bonchev–Trinajstić information content (AvgIpc) is 2.64. The maximum absolute atomic E-state index is 10.4. The summed E-state index contributed by atoms with van der Waals surface area (Å²) in [6.45, 7) is 5.94. The maximum Gasteiger partial charge on any atom is 0.188 e. The average molecular weight is 368 g/mol. The minimum absolute atomic E-state index is 0.481. The minimum Gasteiger partial charge on any atom is -0.370 e. The lowest BCUT2D eigenvalue weighted by Gasteiger charge is -2.15. The second-order valence-corrected chi connectivity index (χ2v) is 7.59. The van der Waals surface area contributed by atoms with Crippen molar-refractivity contribution in [3.8, 4) is 0 Å². The first-order chi connectivity index (χ1) is 12.7. The highest BCUT2D eigenvalue weighted by Crippen LogP contribution is 2.19. The lowest BCUT2D eigenvalue weighted by atomic mass is 9.94. The molecule has 0 bridgehead atoms. The van der Waals surface area contributed by atoms with Crippen LogP contribution in [0.2, 0.25) is 0 Å². The molecule has 3 N–H and O–H groups in total. The summed E-state index contributed by atoms with van der Waals surface area (Å²) in [7, 11) is 0. The lowest BCUT2D eigenvalue weighted by Crippen LogP contribution is -2.33. The monoisotopic (exact) mass is 367 g/mol. The number of unbranched alkanes of at least 4 members (excludes halogenated alkanes) is 10. The molecule has 0 saturated heterocycles. The number of aldehydes is 1. The Balaban J connectivity index is 4.06. The van der Waals surface area contributed by atoms with E-state index in [1.165, 1.54) is 89.9 Å². The van der Waals surface area contributed by atoms with Crippen LogP contribution in [0.1, 0.15) is 110 Å². The van der Waals surface area contributed by atoms with E-state index in [1.807, 2.05) is 0 Å². The molecule has 4 heteroatoms. The second kappa shape index (κ2) is 20.3. The van der Waals surface area contributed by atoms with Crippen LogP contribution in [0.3, 0.4) is 0 Å². The third-order valence-electron chi connectivity index (χ3n) is 5.02. The fourth-order valence-electron chi connectivity index (χ4n) is 3.30. The number of rotatable bonds is 19. The standard InChI is InChI=1S/C22H45N3O/c1-3-5-7-9-10-12-14-17-21(16-13-11-8-6-4-2)20-25-22(23)24-18-15-19-26/h19,21H,3-18,20H2,1-2H3,(H3,23,24,25). The molecule has 1 unspecified atom stereocenters. The Bertz CT molecular complexity index is 331. The van der Waals surface area contributed by atoms with Crippen molar-refractivity contribution in [2.24, 2.45) is 16.6 Å². The van der Waals surface area contributed by atoms with Gasteiger partial charge in [0, 0.05) is 19.5 Å². The van der Waals surface area contributed by atoms with E-state index in [0.29, 0.717) is 24.8 Å². The fraction of sp³-hybridized carbons (Fsp3) is 0.909. The SMILES string of the molecule is CCCCCCCCCC(CCCCCCC)CN=C(N)NCCC=O. The van der Waals surface area contributed by atoms with Gasteiger partial charge in [0.05, 0.1) is 0 Å². The molecule has 1 atom stereocenters. The Morgan fingerprint density at radius 2 is 1.38 bits per heavy atom. The van der Waals surface area contributed by atoms with Crippen molar-refractivity contribution < 1.29 is 4.79 Å². The Labute approximate surface area is 162 Å². The zero-order valence-electron chi connectivity index (χ0n) is 17.6. The third-order valence-corrected chi connectivity index (χ3v) is 5.02. The molecule has 0 aliphatic rings. The van der Waals surface area contributed by atoms with Gasteiger partial charge in [0.2, 0.25) is 0 Å². The lowest BCUT2D eigenvalue weighted by molar-refractivity contribution is -0.107. The molecule has 26 heavy (non-hydrogen) atoms. The number of carbonyl (C=O) groups excluding carboxylic acids is 1. The first-order valence-electron chi connectivity index (χ1n) is 11.2. The van der Waals surface area contributed by atoms with Gasteiger partial charge in [-0.05, 0) is 18.8 Å². The molecule has 0 saturated carbocycles. The molecular formula is C22H45N3O. The number of aliphatic imine (C=N–C) groups is 1. The van der Waals surface area contributed by atoms with Gasteiger partial charge in [-0.15, -0.1) is 0 Å². The van der Waals surface area contributed by atoms with Crippen molar-refractivity contribution in [1.29, 1.82) is 0 Å². The molecular weight excluding hydrogens is 322 g/mol. The van der Waals surface area contributed by atoms with Crippen LogP contribution in [-0.4, -0.2) is 25.3 Å². The van der Waals surface area contributed by atoms with Crippen LogP contribution in [0.25, 0.3) is 0 Å². The highest BCUT2D eigenvalue weighted by molar-refractivity contribution is 5.78. The number of hydrogen-bond donors (Lipinski definition) is 2. The van der Waals surface area contributed by atoms with E-state index in [9.17, 15) is 4.79 Å². The molecule has 0 aliphatic carbocycles. The molecule has 0 aromatic carbocycles. The van der Waals surface area contributed by atoms with Crippen LogP contribution >= 0.6 is 0 Å². The first-order valence-corrected chi connectivity index (χ1v) is 11.2. The zero-order chi connectivity index (χ0) is 19.3. The molecule has 0 radical (unpaired) electrons. The summed E-state index contributed by atoms with van der Waals surface area (Å²) in [4.78, 5) is 14.9. The second-order valence-electron chi connectivity index (χ2n) is 7.59. The number of hydrogen-bond acceptors (Lipinski definition) is 2. The predicted molar refractivity (Wildman–Crippen MR) is 115 cm³/mol. The topological polar surface area (TPSA) is 67.5 Å². The van der Waals surface area contributed by atoms with Crippen LogP contribution in [0.4, 0.5) is 0 Å². The summed E-state index contributed by atoms with van der Waals surface area (Å²) in [5, 5.41) is 3.02. The van der Waals surface area contributed by atoms with Crippen LogP contribution in [-0.2, 0) is 4.79 Å². The molecule has 0 rings (SSSR count). The fourth-order valence-corrected chi connectivity index (χ4v) is 3.30. The van der Waals surface area contributed by atoms with Crippen LogP contribution < -0.4 is 11.1 Å². The predicted octanol–water partition coefficient (Wildman–Crippen LogP) is 5.60. The van der Waals surface area contributed by atoms with E-state index in [0.717, 1.165) is 12.8 Å². The largest absolute Gasteiger partial charge is 0.370 e. The van der Waals surface area contributed by atoms with Gasteiger partial charge in [-0.3, -0.25) is 4.99 Å². The molecule has 0 fully saturated rings. The summed E-state index contributed by atoms with van der Waals surface area (Å²) in [5.74, 6) is 1.14. The molecule has 0 heterocycles.